The van der Waals surface area contributed by atoms with Crippen molar-refractivity contribution < 1.29 is 19.1 Å². The molecule has 0 heterocycles. The SMILES string of the molecule is CCOCCOc1ccc(C(=O)NC(=S)Nc2ccccc2C(N)=O)cc1. The van der Waals surface area contributed by atoms with Crippen molar-refractivity contribution in [2.45, 2.75) is 6.92 Å². The highest BCUT2D eigenvalue weighted by Gasteiger charge is 2.11. The van der Waals surface area contributed by atoms with Crippen LogP contribution in [-0.4, -0.2) is 36.7 Å². The van der Waals surface area contributed by atoms with Crippen molar-refractivity contribution in [3.05, 3.63) is 59.7 Å². The van der Waals surface area contributed by atoms with Gasteiger partial charge in [0.2, 0.25) is 0 Å². The topological polar surface area (TPSA) is 103 Å². The van der Waals surface area contributed by atoms with Crippen LogP contribution >= 0.6 is 12.2 Å². The molecule has 2 rings (SSSR count). The fraction of sp³-hybridized carbons (Fsp3) is 0.211. The molecular formula is C19H21N3O4S. The van der Waals surface area contributed by atoms with Crippen LogP contribution in [0.1, 0.15) is 27.6 Å². The molecule has 142 valence electrons. The summed E-state index contributed by atoms with van der Waals surface area (Å²) in [5.41, 5.74) is 6.44. The number of carbonyl (C=O) groups is 2. The predicted molar refractivity (Wildman–Crippen MR) is 107 cm³/mol. The third-order valence-electron chi connectivity index (χ3n) is 3.48. The van der Waals surface area contributed by atoms with Crippen LogP contribution in [0.15, 0.2) is 48.5 Å². The second-order valence-electron chi connectivity index (χ2n) is 5.39. The van der Waals surface area contributed by atoms with E-state index in [-0.39, 0.29) is 16.6 Å². The molecule has 8 heteroatoms. The predicted octanol–water partition coefficient (Wildman–Crippen LogP) is 2.33. The van der Waals surface area contributed by atoms with Crippen LogP contribution in [0, 0.1) is 0 Å². The zero-order chi connectivity index (χ0) is 19.6. The number of nitrogens with one attached hydrogen (secondary N) is 2. The average Bonchev–Trinajstić information content (AvgIpc) is 2.66. The van der Waals surface area contributed by atoms with Crippen molar-refractivity contribution >= 4 is 34.8 Å². The van der Waals surface area contributed by atoms with E-state index in [1.165, 1.54) is 0 Å². The summed E-state index contributed by atoms with van der Waals surface area (Å²) in [5.74, 6) is -0.334. The highest BCUT2D eigenvalue weighted by atomic mass is 32.1. The average molecular weight is 387 g/mol. The van der Waals surface area contributed by atoms with Crippen LogP contribution in [0.3, 0.4) is 0 Å². The largest absolute Gasteiger partial charge is 0.491 e. The van der Waals surface area contributed by atoms with E-state index in [2.05, 4.69) is 10.6 Å². The number of carbonyl (C=O) groups excluding carboxylic acids is 2. The van der Waals surface area contributed by atoms with Gasteiger partial charge in [-0.1, -0.05) is 12.1 Å². The Morgan fingerprint density at radius 1 is 1.07 bits per heavy atom. The Bertz CT molecular complexity index is 809. The fourth-order valence-corrected chi connectivity index (χ4v) is 2.40. The number of benzene rings is 2. The van der Waals surface area contributed by atoms with Gasteiger partial charge in [0.15, 0.2) is 5.11 Å². The molecule has 2 amide bonds. The molecule has 0 saturated heterocycles. The van der Waals surface area contributed by atoms with Gasteiger partial charge in [-0.25, -0.2) is 0 Å². The maximum absolute atomic E-state index is 12.3. The Kier molecular flexibility index (Phi) is 7.72. The summed E-state index contributed by atoms with van der Waals surface area (Å²) in [7, 11) is 0. The molecule has 0 fully saturated rings. The van der Waals surface area contributed by atoms with Gasteiger partial charge in [0, 0.05) is 12.2 Å². The number of rotatable bonds is 8. The first-order valence-corrected chi connectivity index (χ1v) is 8.74. The Morgan fingerprint density at radius 3 is 2.44 bits per heavy atom. The van der Waals surface area contributed by atoms with E-state index in [0.29, 0.717) is 36.8 Å². The van der Waals surface area contributed by atoms with Crippen molar-refractivity contribution in [1.29, 1.82) is 0 Å². The molecule has 27 heavy (non-hydrogen) atoms. The van der Waals surface area contributed by atoms with Gasteiger partial charge >= 0.3 is 0 Å². The van der Waals surface area contributed by atoms with Gasteiger partial charge in [0.1, 0.15) is 12.4 Å². The van der Waals surface area contributed by atoms with E-state index in [4.69, 9.17) is 27.4 Å². The third-order valence-corrected chi connectivity index (χ3v) is 3.69. The van der Waals surface area contributed by atoms with E-state index in [1.54, 1.807) is 48.5 Å². The number of para-hydroxylation sites is 1. The van der Waals surface area contributed by atoms with Crippen molar-refractivity contribution in [3.63, 3.8) is 0 Å². The number of hydrogen-bond acceptors (Lipinski definition) is 5. The lowest BCUT2D eigenvalue weighted by atomic mass is 10.1. The van der Waals surface area contributed by atoms with E-state index >= 15 is 0 Å². The molecule has 0 aromatic heterocycles. The zero-order valence-corrected chi connectivity index (χ0v) is 15.7. The number of anilines is 1. The van der Waals surface area contributed by atoms with Crippen LogP contribution in [0.4, 0.5) is 5.69 Å². The number of hydrogen-bond donors (Lipinski definition) is 3. The highest BCUT2D eigenvalue weighted by molar-refractivity contribution is 7.80. The van der Waals surface area contributed by atoms with Crippen LogP contribution in [0.25, 0.3) is 0 Å². The zero-order valence-electron chi connectivity index (χ0n) is 14.9. The Labute approximate surface area is 162 Å². The van der Waals surface area contributed by atoms with Crippen molar-refractivity contribution in [2.24, 2.45) is 5.73 Å². The molecule has 0 aliphatic rings. The number of ether oxygens (including phenoxy) is 2. The fourth-order valence-electron chi connectivity index (χ4n) is 2.20. The van der Waals surface area contributed by atoms with E-state index in [0.717, 1.165) is 0 Å². The first-order valence-electron chi connectivity index (χ1n) is 8.33. The van der Waals surface area contributed by atoms with Crippen molar-refractivity contribution in [3.8, 4) is 5.75 Å². The molecule has 0 saturated carbocycles. The summed E-state index contributed by atoms with van der Waals surface area (Å²) >= 11 is 5.13. The van der Waals surface area contributed by atoms with Crippen molar-refractivity contribution in [2.75, 3.05) is 25.1 Å². The molecule has 0 atom stereocenters. The molecule has 0 bridgehead atoms. The van der Waals surface area contributed by atoms with Crippen LogP contribution in [-0.2, 0) is 4.74 Å². The van der Waals surface area contributed by atoms with Crippen LogP contribution in [0.2, 0.25) is 0 Å². The smallest absolute Gasteiger partial charge is 0.257 e. The molecule has 2 aromatic rings. The summed E-state index contributed by atoms with van der Waals surface area (Å²) < 4.78 is 10.7. The number of thiocarbonyl (C=S) groups is 1. The lowest BCUT2D eigenvalue weighted by Crippen LogP contribution is -2.34. The number of amides is 2. The van der Waals surface area contributed by atoms with Gasteiger partial charge in [-0.05, 0) is 55.5 Å². The normalized spacial score (nSPS) is 10.1. The Morgan fingerprint density at radius 2 is 1.78 bits per heavy atom. The minimum absolute atomic E-state index is 0.0609. The van der Waals surface area contributed by atoms with Gasteiger partial charge in [-0.15, -0.1) is 0 Å². The molecule has 0 aliphatic heterocycles. The number of nitrogens with two attached hydrogens (primary N) is 1. The summed E-state index contributed by atoms with van der Waals surface area (Å²) in [5, 5.41) is 5.42. The molecule has 4 N–H and O–H groups in total. The molecular weight excluding hydrogens is 366 g/mol. The van der Waals surface area contributed by atoms with Crippen LogP contribution < -0.4 is 21.1 Å². The van der Waals surface area contributed by atoms with Gasteiger partial charge in [0.25, 0.3) is 11.8 Å². The maximum atomic E-state index is 12.3. The first kappa shape index (κ1) is 20.3. The summed E-state index contributed by atoms with van der Waals surface area (Å²) in [6.45, 7) is 3.50. The lowest BCUT2D eigenvalue weighted by molar-refractivity contribution is 0.0975. The third kappa shape index (κ3) is 6.36. The second-order valence-corrected chi connectivity index (χ2v) is 5.80. The standard InChI is InChI=1S/C19H21N3O4S/c1-2-25-11-12-26-14-9-7-13(8-10-14)18(24)22-19(27)21-16-6-4-3-5-15(16)17(20)23/h3-10H,2,11-12H2,1H3,(H2,20,23)(H2,21,22,24,27). The molecule has 0 aliphatic carbocycles. The second kappa shape index (κ2) is 10.2. The van der Waals surface area contributed by atoms with E-state index < -0.39 is 5.91 Å². The molecule has 0 spiro atoms. The molecule has 7 nitrogen and oxygen atoms in total. The van der Waals surface area contributed by atoms with Crippen LogP contribution in [0.5, 0.6) is 5.75 Å². The Balaban J connectivity index is 1.91. The van der Waals surface area contributed by atoms with Gasteiger partial charge in [0.05, 0.1) is 17.9 Å². The monoisotopic (exact) mass is 387 g/mol. The van der Waals surface area contributed by atoms with Gasteiger partial charge < -0.3 is 20.5 Å². The molecule has 0 unspecified atom stereocenters. The highest BCUT2D eigenvalue weighted by Crippen LogP contribution is 2.15. The summed E-state index contributed by atoms with van der Waals surface area (Å²) in [6.07, 6.45) is 0. The summed E-state index contributed by atoms with van der Waals surface area (Å²) in [4.78, 5) is 23.7. The minimum Gasteiger partial charge on any atom is -0.491 e. The number of primary amides is 1. The molecule has 2 aromatic carbocycles. The van der Waals surface area contributed by atoms with Gasteiger partial charge in [-0.3, -0.25) is 14.9 Å². The minimum atomic E-state index is -0.591. The molecule has 0 radical (unpaired) electrons. The Hall–Kier alpha value is -2.97. The summed E-state index contributed by atoms with van der Waals surface area (Å²) in [6, 6.07) is 13.3. The quantitative estimate of drug-likeness (QED) is 0.475. The van der Waals surface area contributed by atoms with Crippen molar-refractivity contribution in [1.82, 2.24) is 5.32 Å². The first-order chi connectivity index (χ1) is 13.0. The van der Waals surface area contributed by atoms with E-state index in [9.17, 15) is 9.59 Å². The maximum Gasteiger partial charge on any atom is 0.257 e. The van der Waals surface area contributed by atoms with E-state index in [1.807, 2.05) is 6.92 Å². The lowest BCUT2D eigenvalue weighted by Gasteiger charge is -2.12. The van der Waals surface area contributed by atoms with Gasteiger partial charge in [-0.2, -0.15) is 0 Å².